The third-order valence-corrected chi connectivity index (χ3v) is 11.7. The summed E-state index contributed by atoms with van der Waals surface area (Å²) >= 11 is 0. The highest BCUT2D eigenvalue weighted by Gasteiger charge is 2.59. The molecule has 0 radical (unpaired) electrons. The number of benzene rings is 5. The first-order chi connectivity index (χ1) is 23.7. The molecule has 8 aromatic rings. The lowest BCUT2D eigenvalue weighted by atomic mass is 9.47. The molecular formula is C42H34N6. The standard InChI is InChI=1S/C42H34N6/c1-25-21-27-22-28-24-38(39(27)28)46(25)29-12-10-11-26(23-29)40-43-41(47-34-17-6-2-13-30(34)31-14-3-7-18-35(31)47)45-42(44-40)48-36-19-8-4-15-32(36)33-16-5-9-20-37(33)48/h2-20,23,25,27-28,38-39H,21-22,24H2,1H3. The molecule has 11 rings (SSSR count). The van der Waals surface area contributed by atoms with Crippen molar-refractivity contribution in [3.8, 4) is 23.3 Å². The summed E-state index contributed by atoms with van der Waals surface area (Å²) in [5.41, 5.74) is 6.61. The molecule has 5 atom stereocenters. The fourth-order valence-electron chi connectivity index (χ4n) is 9.69. The summed E-state index contributed by atoms with van der Waals surface area (Å²) in [4.78, 5) is 18.6. The van der Waals surface area contributed by atoms with Gasteiger partial charge < -0.3 is 4.90 Å². The van der Waals surface area contributed by atoms with Gasteiger partial charge in [-0.2, -0.15) is 15.0 Å². The number of anilines is 1. The monoisotopic (exact) mass is 622 g/mol. The Bertz CT molecular complexity index is 2340. The minimum Gasteiger partial charge on any atom is -0.366 e. The second-order valence-electron chi connectivity index (χ2n) is 14.2. The predicted molar refractivity (Wildman–Crippen MR) is 194 cm³/mol. The van der Waals surface area contributed by atoms with Crippen LogP contribution in [0.25, 0.3) is 66.9 Å². The lowest BCUT2D eigenvalue weighted by Gasteiger charge is -2.67. The van der Waals surface area contributed by atoms with E-state index in [0.29, 0.717) is 29.8 Å². The second kappa shape index (κ2) is 9.77. The molecule has 5 aromatic carbocycles. The van der Waals surface area contributed by atoms with E-state index in [2.05, 4.69) is 142 Å². The maximum Gasteiger partial charge on any atom is 0.240 e. The summed E-state index contributed by atoms with van der Waals surface area (Å²) in [7, 11) is 0. The summed E-state index contributed by atoms with van der Waals surface area (Å²) in [6, 6.07) is 44.3. The Balaban J connectivity index is 1.16. The van der Waals surface area contributed by atoms with E-state index in [1.54, 1.807) is 0 Å². The van der Waals surface area contributed by atoms with Crippen LogP contribution in [0.4, 0.5) is 5.69 Å². The first kappa shape index (κ1) is 26.6. The van der Waals surface area contributed by atoms with Gasteiger partial charge in [0.1, 0.15) is 0 Å². The Morgan fingerprint density at radius 3 is 1.54 bits per heavy atom. The van der Waals surface area contributed by atoms with E-state index in [4.69, 9.17) is 15.0 Å². The number of hydrogen-bond donors (Lipinski definition) is 0. The average Bonchev–Trinajstić information content (AvgIpc) is 3.63. The van der Waals surface area contributed by atoms with Crippen molar-refractivity contribution in [2.75, 3.05) is 4.90 Å². The van der Waals surface area contributed by atoms with Gasteiger partial charge in [-0.15, -0.1) is 0 Å². The average molecular weight is 623 g/mol. The van der Waals surface area contributed by atoms with Gasteiger partial charge in [0.2, 0.25) is 11.9 Å². The lowest BCUT2D eigenvalue weighted by molar-refractivity contribution is -0.0823. The van der Waals surface area contributed by atoms with Crippen LogP contribution in [0.1, 0.15) is 26.2 Å². The molecular weight excluding hydrogens is 589 g/mol. The van der Waals surface area contributed by atoms with Gasteiger partial charge in [-0.1, -0.05) is 84.9 Å². The minimum absolute atomic E-state index is 0.535. The molecule has 1 saturated heterocycles. The number of hydrogen-bond acceptors (Lipinski definition) is 4. The van der Waals surface area contributed by atoms with E-state index in [9.17, 15) is 0 Å². The maximum absolute atomic E-state index is 5.31. The van der Waals surface area contributed by atoms with Crippen LogP contribution in [-0.4, -0.2) is 36.2 Å². The highest BCUT2D eigenvalue weighted by atomic mass is 15.3. The Morgan fingerprint density at radius 2 is 1.02 bits per heavy atom. The first-order valence-corrected chi connectivity index (χ1v) is 17.3. The first-order valence-electron chi connectivity index (χ1n) is 17.3. The number of piperidine rings is 1. The van der Waals surface area contributed by atoms with Gasteiger partial charge in [0, 0.05) is 44.9 Å². The molecule has 3 aliphatic rings. The van der Waals surface area contributed by atoms with Gasteiger partial charge in [-0.05, 0) is 80.3 Å². The number of para-hydroxylation sites is 4. The topological polar surface area (TPSA) is 51.8 Å². The van der Waals surface area contributed by atoms with Crippen LogP contribution >= 0.6 is 0 Å². The molecule has 0 spiro atoms. The van der Waals surface area contributed by atoms with Crippen molar-refractivity contribution >= 4 is 49.3 Å². The molecule has 48 heavy (non-hydrogen) atoms. The van der Waals surface area contributed by atoms with Crippen molar-refractivity contribution in [1.29, 1.82) is 0 Å². The third-order valence-electron chi connectivity index (χ3n) is 11.7. The molecule has 3 aromatic heterocycles. The third kappa shape index (κ3) is 3.60. The molecule has 0 bridgehead atoms. The van der Waals surface area contributed by atoms with E-state index in [0.717, 1.165) is 45.4 Å². The summed E-state index contributed by atoms with van der Waals surface area (Å²) < 4.78 is 4.41. The number of fused-ring (bicyclic) bond motifs is 6. The molecule has 2 aliphatic carbocycles. The smallest absolute Gasteiger partial charge is 0.240 e. The highest BCUT2D eigenvalue weighted by Crippen LogP contribution is 2.61. The molecule has 5 unspecified atom stereocenters. The Morgan fingerprint density at radius 1 is 0.521 bits per heavy atom. The van der Waals surface area contributed by atoms with E-state index < -0.39 is 0 Å². The van der Waals surface area contributed by atoms with Crippen LogP contribution in [-0.2, 0) is 0 Å². The summed E-state index contributed by atoms with van der Waals surface area (Å²) in [6.45, 7) is 2.41. The highest BCUT2D eigenvalue weighted by molar-refractivity contribution is 6.10. The molecule has 0 amide bonds. The van der Waals surface area contributed by atoms with Gasteiger partial charge in [0.25, 0.3) is 0 Å². The largest absolute Gasteiger partial charge is 0.366 e. The Kier molecular flexibility index (Phi) is 5.41. The van der Waals surface area contributed by atoms with Crippen LogP contribution in [0.2, 0.25) is 0 Å². The second-order valence-corrected chi connectivity index (χ2v) is 14.2. The predicted octanol–water partition coefficient (Wildman–Crippen LogP) is 9.36. The number of aromatic nitrogens is 5. The van der Waals surface area contributed by atoms with Crippen molar-refractivity contribution < 1.29 is 0 Å². The zero-order valence-corrected chi connectivity index (χ0v) is 26.7. The number of nitrogens with zero attached hydrogens (tertiary/aromatic N) is 6. The SMILES string of the molecule is CC1CC2CC3CC(C23)N1c1cccc(-c2nc(-n3c4ccccc4c4ccccc43)nc(-n3c4ccccc4c4ccccc43)n2)c1. The molecule has 6 heteroatoms. The fourth-order valence-corrected chi connectivity index (χ4v) is 9.69. The van der Waals surface area contributed by atoms with Crippen LogP contribution in [0.3, 0.4) is 0 Å². The lowest BCUT2D eigenvalue weighted by Crippen LogP contribution is -2.68. The van der Waals surface area contributed by atoms with E-state index >= 15 is 0 Å². The fraction of sp³-hybridized carbons (Fsp3) is 0.214. The zero-order valence-electron chi connectivity index (χ0n) is 26.7. The van der Waals surface area contributed by atoms with E-state index in [-0.39, 0.29) is 0 Å². The molecule has 4 heterocycles. The quantitative estimate of drug-likeness (QED) is 0.196. The van der Waals surface area contributed by atoms with Crippen LogP contribution in [0.5, 0.6) is 0 Å². The Hall–Kier alpha value is -5.49. The van der Waals surface area contributed by atoms with Gasteiger partial charge >= 0.3 is 0 Å². The maximum atomic E-state index is 5.31. The molecule has 6 nitrogen and oxygen atoms in total. The Labute approximate surface area is 278 Å². The minimum atomic E-state index is 0.535. The molecule has 232 valence electrons. The van der Waals surface area contributed by atoms with Crippen molar-refractivity contribution in [1.82, 2.24) is 24.1 Å². The normalized spacial score (nSPS) is 23.0. The number of rotatable bonds is 4. The van der Waals surface area contributed by atoms with Crippen LogP contribution in [0.15, 0.2) is 121 Å². The van der Waals surface area contributed by atoms with Gasteiger partial charge in [0.15, 0.2) is 5.82 Å². The molecule has 1 aliphatic heterocycles. The van der Waals surface area contributed by atoms with Crippen molar-refractivity contribution in [3.63, 3.8) is 0 Å². The summed E-state index contributed by atoms with van der Waals surface area (Å²) in [5, 5.41) is 4.73. The van der Waals surface area contributed by atoms with Crippen LogP contribution < -0.4 is 4.90 Å². The molecule has 0 N–H and O–H groups in total. The van der Waals surface area contributed by atoms with Gasteiger partial charge in [-0.25, -0.2) is 0 Å². The van der Waals surface area contributed by atoms with Crippen molar-refractivity contribution in [3.05, 3.63) is 121 Å². The van der Waals surface area contributed by atoms with E-state index in [1.165, 1.54) is 46.5 Å². The molecule has 2 saturated carbocycles. The van der Waals surface area contributed by atoms with Crippen molar-refractivity contribution in [2.45, 2.75) is 38.3 Å². The zero-order chi connectivity index (χ0) is 31.5. The van der Waals surface area contributed by atoms with Crippen molar-refractivity contribution in [2.24, 2.45) is 17.8 Å². The summed E-state index contributed by atoms with van der Waals surface area (Å²) in [6.07, 6.45) is 4.07. The van der Waals surface area contributed by atoms with Crippen LogP contribution in [0, 0.1) is 17.8 Å². The van der Waals surface area contributed by atoms with Gasteiger partial charge in [-0.3, -0.25) is 9.13 Å². The van der Waals surface area contributed by atoms with Gasteiger partial charge in [0.05, 0.1) is 22.1 Å². The molecule has 3 fully saturated rings. The summed E-state index contributed by atoms with van der Waals surface area (Å²) in [5.74, 6) is 4.66. The van der Waals surface area contributed by atoms with E-state index in [1.807, 2.05) is 0 Å².